The van der Waals surface area contributed by atoms with Crippen LogP contribution in [0.2, 0.25) is 5.02 Å². The summed E-state index contributed by atoms with van der Waals surface area (Å²) in [6.45, 7) is 2.68. The lowest BCUT2D eigenvalue weighted by atomic mass is 9.98. The second-order valence-electron chi connectivity index (χ2n) is 6.66. The molecule has 0 N–H and O–H groups in total. The fraction of sp³-hybridized carbons (Fsp3) is 0.182. The van der Waals surface area contributed by atoms with E-state index in [1.807, 2.05) is 18.2 Å². The van der Waals surface area contributed by atoms with Gasteiger partial charge in [0.15, 0.2) is 0 Å². The first-order valence-corrected chi connectivity index (χ1v) is 9.38. The Kier molecular flexibility index (Phi) is 5.01. The Bertz CT molecular complexity index is 1040. The molecule has 1 amide bonds. The molecule has 2 heterocycles. The number of hydrogen-bond donors (Lipinski definition) is 0. The first kappa shape index (κ1) is 18.4. The number of nitrogens with zero attached hydrogens (tertiary/aromatic N) is 2. The zero-order valence-electron chi connectivity index (χ0n) is 15.3. The van der Waals surface area contributed by atoms with Crippen LogP contribution in [0.4, 0.5) is 4.39 Å². The average molecular weight is 397 g/mol. The highest BCUT2D eigenvalue weighted by Crippen LogP contribution is 2.34. The number of carbonyl (C=O) groups is 1. The molecule has 1 aliphatic heterocycles. The van der Waals surface area contributed by atoms with Crippen LogP contribution in [-0.2, 0) is 0 Å². The molecule has 0 aliphatic carbocycles. The molecular weight excluding hydrogens is 379 g/mol. The molecule has 0 unspecified atom stereocenters. The van der Waals surface area contributed by atoms with E-state index >= 15 is 0 Å². The second kappa shape index (κ2) is 7.60. The molecule has 142 valence electrons. The van der Waals surface area contributed by atoms with Gasteiger partial charge in [-0.3, -0.25) is 4.79 Å². The Morgan fingerprint density at radius 1 is 1.18 bits per heavy atom. The van der Waals surface area contributed by atoms with Gasteiger partial charge in [-0.15, -0.1) is 0 Å². The van der Waals surface area contributed by atoms with E-state index in [0.717, 1.165) is 12.0 Å². The predicted octanol–water partition coefficient (Wildman–Crippen LogP) is 5.37. The Labute approximate surface area is 167 Å². The summed E-state index contributed by atoms with van der Waals surface area (Å²) in [5.41, 5.74) is 2.85. The highest BCUT2D eigenvalue weighted by Gasteiger charge is 2.29. The molecule has 6 heteroatoms. The van der Waals surface area contributed by atoms with Crippen molar-refractivity contribution in [3.8, 4) is 11.3 Å². The van der Waals surface area contributed by atoms with E-state index in [0.29, 0.717) is 18.8 Å². The normalized spacial score (nSPS) is 14.1. The molecular formula is C22H18ClFN2O2. The third kappa shape index (κ3) is 3.34. The van der Waals surface area contributed by atoms with E-state index in [9.17, 15) is 9.18 Å². The monoisotopic (exact) mass is 396 g/mol. The van der Waals surface area contributed by atoms with Gasteiger partial charge >= 0.3 is 0 Å². The number of hydrogen-bond acceptors (Lipinski definition) is 3. The summed E-state index contributed by atoms with van der Waals surface area (Å²) in [7, 11) is 0. The summed E-state index contributed by atoms with van der Waals surface area (Å²) in [5.74, 6) is -0.437. The van der Waals surface area contributed by atoms with Crippen molar-refractivity contribution in [3.63, 3.8) is 0 Å². The molecule has 2 aromatic carbocycles. The fourth-order valence-corrected chi connectivity index (χ4v) is 3.70. The maximum absolute atomic E-state index is 14.4. The summed E-state index contributed by atoms with van der Waals surface area (Å²) in [6, 6.07) is 14.5. The summed E-state index contributed by atoms with van der Waals surface area (Å²) in [6.07, 6.45) is 2.80. The lowest BCUT2D eigenvalue weighted by molar-refractivity contribution is 0.0772. The molecule has 0 saturated carbocycles. The highest BCUT2D eigenvalue weighted by atomic mass is 35.5. The van der Waals surface area contributed by atoms with E-state index in [-0.39, 0.29) is 27.8 Å². The number of rotatable bonds is 3. The molecule has 1 aromatic heterocycles. The number of halogens is 2. The predicted molar refractivity (Wildman–Crippen MR) is 107 cm³/mol. The average Bonchev–Trinajstić information content (AvgIpc) is 3.09. The van der Waals surface area contributed by atoms with Gasteiger partial charge in [0.25, 0.3) is 5.91 Å². The minimum absolute atomic E-state index is 0.0851. The molecule has 0 atom stereocenters. The van der Waals surface area contributed by atoms with Crippen LogP contribution >= 0.6 is 11.6 Å². The molecule has 0 saturated heterocycles. The topological polar surface area (TPSA) is 46.3 Å². The summed E-state index contributed by atoms with van der Waals surface area (Å²) >= 11 is 6.17. The van der Waals surface area contributed by atoms with Crippen molar-refractivity contribution in [2.24, 2.45) is 0 Å². The molecule has 4 nitrogen and oxygen atoms in total. The Morgan fingerprint density at radius 2 is 1.96 bits per heavy atom. The third-order valence-corrected chi connectivity index (χ3v) is 5.23. The van der Waals surface area contributed by atoms with Crippen molar-refractivity contribution in [2.45, 2.75) is 13.3 Å². The van der Waals surface area contributed by atoms with Gasteiger partial charge in [0.05, 0.1) is 10.6 Å². The van der Waals surface area contributed by atoms with Gasteiger partial charge in [0, 0.05) is 13.1 Å². The minimum atomic E-state index is -0.542. The van der Waals surface area contributed by atoms with Crippen molar-refractivity contribution in [1.29, 1.82) is 0 Å². The lowest BCUT2D eigenvalue weighted by Gasteiger charge is -2.26. The molecule has 3 aromatic rings. The summed E-state index contributed by atoms with van der Waals surface area (Å²) in [4.78, 5) is 14.9. The van der Waals surface area contributed by atoms with Gasteiger partial charge in [-0.05, 0) is 36.6 Å². The van der Waals surface area contributed by atoms with Crippen LogP contribution in [-0.4, -0.2) is 29.1 Å². The van der Waals surface area contributed by atoms with Gasteiger partial charge in [-0.25, -0.2) is 4.39 Å². The zero-order valence-corrected chi connectivity index (χ0v) is 16.0. The van der Waals surface area contributed by atoms with E-state index in [1.54, 1.807) is 17.9 Å². The van der Waals surface area contributed by atoms with Gasteiger partial charge in [-0.1, -0.05) is 59.2 Å². The van der Waals surface area contributed by atoms with Crippen molar-refractivity contribution in [2.75, 3.05) is 13.1 Å². The van der Waals surface area contributed by atoms with E-state index in [4.69, 9.17) is 16.1 Å². The fourth-order valence-electron chi connectivity index (χ4n) is 3.44. The summed E-state index contributed by atoms with van der Waals surface area (Å²) in [5, 5.41) is 4.11. The Balaban J connectivity index is 1.64. The van der Waals surface area contributed by atoms with Crippen molar-refractivity contribution < 1.29 is 13.7 Å². The number of carbonyl (C=O) groups excluding carboxylic acids is 1. The SMILES string of the molecule is Cc1onc(-c2c(F)cccc2Cl)c1C(=O)N1CC=C(c2ccccc2)CC1. The zero-order chi connectivity index (χ0) is 19.7. The van der Waals surface area contributed by atoms with Crippen LogP contribution < -0.4 is 0 Å². The first-order chi connectivity index (χ1) is 13.6. The Hall–Kier alpha value is -2.92. The molecule has 4 rings (SSSR count). The van der Waals surface area contributed by atoms with Crippen molar-refractivity contribution in [3.05, 3.63) is 82.3 Å². The maximum Gasteiger partial charge on any atom is 0.260 e. The van der Waals surface area contributed by atoms with Gasteiger partial charge in [0.1, 0.15) is 22.8 Å². The quantitative estimate of drug-likeness (QED) is 0.597. The van der Waals surface area contributed by atoms with Gasteiger partial charge in [-0.2, -0.15) is 0 Å². The highest BCUT2D eigenvalue weighted by molar-refractivity contribution is 6.33. The van der Waals surface area contributed by atoms with Crippen LogP contribution in [0.5, 0.6) is 0 Å². The van der Waals surface area contributed by atoms with E-state index in [2.05, 4.69) is 23.4 Å². The van der Waals surface area contributed by atoms with Gasteiger partial charge < -0.3 is 9.42 Å². The van der Waals surface area contributed by atoms with Crippen LogP contribution in [0.25, 0.3) is 16.8 Å². The van der Waals surface area contributed by atoms with Crippen molar-refractivity contribution in [1.82, 2.24) is 10.1 Å². The summed E-state index contributed by atoms with van der Waals surface area (Å²) < 4.78 is 19.6. The van der Waals surface area contributed by atoms with E-state index in [1.165, 1.54) is 17.7 Å². The number of benzene rings is 2. The molecule has 0 radical (unpaired) electrons. The first-order valence-electron chi connectivity index (χ1n) is 9.00. The number of aromatic nitrogens is 1. The minimum Gasteiger partial charge on any atom is -0.360 e. The molecule has 1 aliphatic rings. The largest absolute Gasteiger partial charge is 0.360 e. The maximum atomic E-state index is 14.4. The standard InChI is InChI=1S/C22H18ClFN2O2/c1-14-19(21(25-28-14)20-17(23)8-5-9-18(20)24)22(27)26-12-10-16(11-13-26)15-6-3-2-4-7-15/h2-10H,11-13H2,1H3. The second-order valence-corrected chi connectivity index (χ2v) is 7.06. The van der Waals surface area contributed by atoms with Crippen molar-refractivity contribution >= 4 is 23.1 Å². The van der Waals surface area contributed by atoms with Crippen LogP contribution in [0, 0.1) is 12.7 Å². The third-order valence-electron chi connectivity index (χ3n) is 4.92. The molecule has 0 bridgehead atoms. The molecule has 0 spiro atoms. The lowest BCUT2D eigenvalue weighted by Crippen LogP contribution is -2.35. The van der Waals surface area contributed by atoms with Crippen LogP contribution in [0.15, 0.2) is 59.1 Å². The van der Waals surface area contributed by atoms with E-state index < -0.39 is 5.82 Å². The van der Waals surface area contributed by atoms with Crippen LogP contribution in [0.1, 0.15) is 28.1 Å². The number of aryl methyl sites for hydroxylation is 1. The molecule has 28 heavy (non-hydrogen) atoms. The number of amides is 1. The Morgan fingerprint density at radius 3 is 2.64 bits per heavy atom. The van der Waals surface area contributed by atoms with Crippen LogP contribution in [0.3, 0.4) is 0 Å². The van der Waals surface area contributed by atoms with Gasteiger partial charge in [0.2, 0.25) is 0 Å². The smallest absolute Gasteiger partial charge is 0.260 e. The molecule has 0 fully saturated rings.